The summed E-state index contributed by atoms with van der Waals surface area (Å²) in [5.41, 5.74) is 0.233. The number of ketones is 1. The Morgan fingerprint density at radius 1 is 1.30 bits per heavy atom. The standard InChI is InChI=1S/C15H18F3NO/c1-11(20)9-14-3-2-8-19(14)10-12-4-6-13(7-5-12)15(16,17)18/h4-7,14H,2-3,8-10H2,1H3. The van der Waals surface area contributed by atoms with Crippen molar-refractivity contribution in [3.8, 4) is 0 Å². The van der Waals surface area contributed by atoms with Gasteiger partial charge in [0.15, 0.2) is 0 Å². The normalized spacial score (nSPS) is 20.3. The van der Waals surface area contributed by atoms with Gasteiger partial charge in [-0.05, 0) is 44.0 Å². The second kappa shape index (κ2) is 5.95. The van der Waals surface area contributed by atoms with E-state index in [1.54, 1.807) is 6.92 Å². The molecule has 0 aliphatic carbocycles. The summed E-state index contributed by atoms with van der Waals surface area (Å²) in [5, 5.41) is 0. The minimum Gasteiger partial charge on any atom is -0.300 e. The molecule has 110 valence electrons. The molecule has 1 aliphatic rings. The van der Waals surface area contributed by atoms with E-state index in [1.165, 1.54) is 12.1 Å². The van der Waals surface area contributed by atoms with E-state index in [4.69, 9.17) is 0 Å². The second-order valence-corrected chi connectivity index (χ2v) is 5.37. The van der Waals surface area contributed by atoms with Crippen LogP contribution in [0.15, 0.2) is 24.3 Å². The van der Waals surface area contributed by atoms with Crippen LogP contribution in [0, 0.1) is 0 Å². The van der Waals surface area contributed by atoms with Crippen molar-refractivity contribution in [3.05, 3.63) is 35.4 Å². The first-order chi connectivity index (χ1) is 9.36. The molecule has 0 radical (unpaired) electrons. The van der Waals surface area contributed by atoms with Crippen molar-refractivity contribution >= 4 is 5.78 Å². The predicted molar refractivity (Wildman–Crippen MR) is 70.2 cm³/mol. The molecule has 1 aromatic rings. The Morgan fingerprint density at radius 3 is 2.50 bits per heavy atom. The first-order valence-corrected chi connectivity index (χ1v) is 6.76. The van der Waals surface area contributed by atoms with Crippen molar-refractivity contribution in [2.75, 3.05) is 6.54 Å². The van der Waals surface area contributed by atoms with Gasteiger partial charge in [0.2, 0.25) is 0 Å². The number of Topliss-reactive ketones (excluding diaryl/α,β-unsaturated/α-hetero) is 1. The maximum Gasteiger partial charge on any atom is 0.416 e. The molecule has 20 heavy (non-hydrogen) atoms. The average Bonchev–Trinajstić information content (AvgIpc) is 2.75. The number of halogens is 3. The van der Waals surface area contributed by atoms with Crippen LogP contribution in [0.1, 0.15) is 37.3 Å². The lowest BCUT2D eigenvalue weighted by Crippen LogP contribution is -2.30. The summed E-state index contributed by atoms with van der Waals surface area (Å²) in [6.07, 6.45) is -1.73. The molecule has 1 heterocycles. The molecule has 0 spiro atoms. The maximum absolute atomic E-state index is 12.5. The number of hydrogen-bond acceptors (Lipinski definition) is 2. The molecule has 5 heteroatoms. The van der Waals surface area contributed by atoms with Crippen LogP contribution in [0.2, 0.25) is 0 Å². The van der Waals surface area contributed by atoms with Crippen molar-refractivity contribution in [1.29, 1.82) is 0 Å². The van der Waals surface area contributed by atoms with Gasteiger partial charge in [-0.1, -0.05) is 12.1 Å². The van der Waals surface area contributed by atoms with Gasteiger partial charge < -0.3 is 0 Å². The highest BCUT2D eigenvalue weighted by Gasteiger charge is 2.30. The van der Waals surface area contributed by atoms with Gasteiger partial charge in [0, 0.05) is 19.0 Å². The molecule has 2 nitrogen and oxygen atoms in total. The van der Waals surface area contributed by atoms with Crippen LogP contribution in [0.4, 0.5) is 13.2 Å². The van der Waals surface area contributed by atoms with E-state index in [0.29, 0.717) is 13.0 Å². The quantitative estimate of drug-likeness (QED) is 0.841. The lowest BCUT2D eigenvalue weighted by Gasteiger charge is -2.23. The summed E-state index contributed by atoms with van der Waals surface area (Å²) in [4.78, 5) is 13.4. The molecule has 1 aliphatic heterocycles. The molecular weight excluding hydrogens is 267 g/mol. The molecule has 0 amide bonds. The molecule has 1 saturated heterocycles. The van der Waals surface area contributed by atoms with Crippen molar-refractivity contribution in [2.24, 2.45) is 0 Å². The van der Waals surface area contributed by atoms with Crippen LogP contribution in [-0.2, 0) is 17.5 Å². The Bertz CT molecular complexity index is 467. The number of carbonyl (C=O) groups excluding carboxylic acids is 1. The number of benzene rings is 1. The minimum atomic E-state index is -4.29. The molecule has 1 atom stereocenters. The van der Waals surface area contributed by atoms with Gasteiger partial charge in [-0.15, -0.1) is 0 Å². The van der Waals surface area contributed by atoms with Crippen molar-refractivity contribution in [3.63, 3.8) is 0 Å². The first-order valence-electron chi connectivity index (χ1n) is 6.76. The maximum atomic E-state index is 12.5. The van der Waals surface area contributed by atoms with Crippen LogP contribution >= 0.6 is 0 Å². The lowest BCUT2D eigenvalue weighted by molar-refractivity contribution is -0.137. The van der Waals surface area contributed by atoms with Gasteiger partial charge in [0.05, 0.1) is 5.56 Å². The largest absolute Gasteiger partial charge is 0.416 e. The third kappa shape index (κ3) is 3.82. The number of nitrogens with zero attached hydrogens (tertiary/aromatic N) is 1. The second-order valence-electron chi connectivity index (χ2n) is 5.37. The van der Waals surface area contributed by atoms with Gasteiger partial charge in [0.1, 0.15) is 5.78 Å². The topological polar surface area (TPSA) is 20.3 Å². The van der Waals surface area contributed by atoms with Crippen molar-refractivity contribution in [2.45, 2.75) is 44.9 Å². The van der Waals surface area contributed by atoms with Crippen LogP contribution < -0.4 is 0 Å². The number of likely N-dealkylation sites (tertiary alicyclic amines) is 1. The minimum absolute atomic E-state index is 0.161. The van der Waals surface area contributed by atoms with E-state index in [0.717, 1.165) is 37.1 Å². The third-order valence-electron chi connectivity index (χ3n) is 3.69. The summed E-state index contributed by atoms with van der Waals surface area (Å²) in [7, 11) is 0. The molecule has 0 N–H and O–H groups in total. The van der Waals surface area contributed by atoms with E-state index in [9.17, 15) is 18.0 Å². The van der Waals surface area contributed by atoms with E-state index >= 15 is 0 Å². The van der Waals surface area contributed by atoms with E-state index in [1.807, 2.05) is 0 Å². The van der Waals surface area contributed by atoms with Crippen molar-refractivity contribution < 1.29 is 18.0 Å². The molecule has 1 aromatic carbocycles. The zero-order chi connectivity index (χ0) is 14.8. The summed E-state index contributed by atoms with van der Waals surface area (Å²) in [5.74, 6) is 0.161. The summed E-state index contributed by atoms with van der Waals surface area (Å²) in [6.45, 7) is 3.09. The van der Waals surface area contributed by atoms with Gasteiger partial charge >= 0.3 is 6.18 Å². The van der Waals surface area contributed by atoms with E-state index in [-0.39, 0.29) is 11.8 Å². The number of rotatable bonds is 4. The number of alkyl halides is 3. The van der Waals surface area contributed by atoms with E-state index < -0.39 is 11.7 Å². The van der Waals surface area contributed by atoms with Gasteiger partial charge in [0.25, 0.3) is 0 Å². The molecule has 0 saturated carbocycles. The highest BCUT2D eigenvalue weighted by Crippen LogP contribution is 2.30. The molecule has 1 unspecified atom stereocenters. The fraction of sp³-hybridized carbons (Fsp3) is 0.533. The van der Waals surface area contributed by atoms with Gasteiger partial charge in [-0.2, -0.15) is 13.2 Å². The average molecular weight is 285 g/mol. The van der Waals surface area contributed by atoms with Gasteiger partial charge in [-0.25, -0.2) is 0 Å². The van der Waals surface area contributed by atoms with Crippen LogP contribution in [-0.4, -0.2) is 23.3 Å². The Labute approximate surface area is 116 Å². The predicted octanol–water partition coefficient (Wildman–Crippen LogP) is 3.65. The van der Waals surface area contributed by atoms with Gasteiger partial charge in [-0.3, -0.25) is 9.69 Å². The van der Waals surface area contributed by atoms with Crippen LogP contribution in [0.3, 0.4) is 0 Å². The molecule has 1 fully saturated rings. The SMILES string of the molecule is CC(=O)CC1CCCN1Cc1ccc(C(F)(F)F)cc1. The molecule has 0 bridgehead atoms. The van der Waals surface area contributed by atoms with Crippen LogP contribution in [0.25, 0.3) is 0 Å². The van der Waals surface area contributed by atoms with Crippen molar-refractivity contribution in [1.82, 2.24) is 4.90 Å². The molecule has 2 rings (SSSR count). The number of carbonyl (C=O) groups is 1. The summed E-state index contributed by atoms with van der Waals surface area (Å²) in [6, 6.07) is 5.50. The fourth-order valence-electron chi connectivity index (χ4n) is 2.70. The Hall–Kier alpha value is -1.36. The molecule has 0 aromatic heterocycles. The smallest absolute Gasteiger partial charge is 0.300 e. The van der Waals surface area contributed by atoms with E-state index in [2.05, 4.69) is 4.90 Å². The Morgan fingerprint density at radius 2 is 1.95 bits per heavy atom. The Balaban J connectivity index is 2.01. The zero-order valence-electron chi connectivity index (χ0n) is 11.4. The fourth-order valence-corrected chi connectivity index (χ4v) is 2.70. The van der Waals surface area contributed by atoms with Crippen LogP contribution in [0.5, 0.6) is 0 Å². The summed E-state index contributed by atoms with van der Waals surface area (Å²) >= 11 is 0. The third-order valence-corrected chi connectivity index (χ3v) is 3.69. The lowest BCUT2D eigenvalue weighted by atomic mass is 10.1. The molecular formula is C15H18F3NO. The number of hydrogen-bond donors (Lipinski definition) is 0. The zero-order valence-corrected chi connectivity index (χ0v) is 11.4. The monoisotopic (exact) mass is 285 g/mol. The first kappa shape index (κ1) is 15.0. The highest BCUT2D eigenvalue weighted by atomic mass is 19.4. The highest BCUT2D eigenvalue weighted by molar-refractivity contribution is 5.76. The summed E-state index contributed by atoms with van der Waals surface area (Å²) < 4.78 is 37.4. The Kier molecular flexibility index (Phi) is 4.48.